The van der Waals surface area contributed by atoms with Crippen molar-refractivity contribution in [2.45, 2.75) is 418 Å². The van der Waals surface area contributed by atoms with Crippen LogP contribution in [0.5, 0.6) is 0 Å². The topological polar surface area (TPSA) is 95.9 Å². The van der Waals surface area contributed by atoms with Gasteiger partial charge in [-0.1, -0.05) is 340 Å². The SMILES string of the molecule is CCCCCCCCC/C=C\CCCCCCCCCC(=O)OCCCCCCCCCCCCCC/C=C\CCCCCCCCCCCCCCCCCC(=O)NC(CO)C(O)CCCCCCCCCCCCCCC. The number of unbranched alkanes of at least 4 members (excludes halogenated alkanes) is 53. The predicted molar refractivity (Wildman–Crippen MR) is 347 cm³/mol. The normalized spacial score (nSPS) is 12.6. The fourth-order valence-electron chi connectivity index (χ4n) is 11.5. The van der Waals surface area contributed by atoms with Crippen LogP contribution < -0.4 is 5.32 Å². The van der Waals surface area contributed by atoms with Crippen LogP contribution in [0.4, 0.5) is 0 Å². The zero-order chi connectivity index (χ0) is 57.1. The van der Waals surface area contributed by atoms with Gasteiger partial charge in [-0.15, -0.1) is 0 Å². The Hall–Kier alpha value is -1.66. The largest absolute Gasteiger partial charge is 0.466 e. The summed E-state index contributed by atoms with van der Waals surface area (Å²) in [5, 5.41) is 23.3. The van der Waals surface area contributed by atoms with E-state index in [4.69, 9.17) is 4.74 Å². The maximum absolute atomic E-state index is 12.5. The average molecular weight is 1110 g/mol. The van der Waals surface area contributed by atoms with Gasteiger partial charge in [0, 0.05) is 12.8 Å². The van der Waals surface area contributed by atoms with Gasteiger partial charge in [-0.25, -0.2) is 0 Å². The van der Waals surface area contributed by atoms with Crippen molar-refractivity contribution in [3.8, 4) is 0 Å². The van der Waals surface area contributed by atoms with E-state index in [1.54, 1.807) is 0 Å². The van der Waals surface area contributed by atoms with Crippen molar-refractivity contribution in [2.24, 2.45) is 0 Å². The number of hydrogen-bond donors (Lipinski definition) is 3. The van der Waals surface area contributed by atoms with Crippen LogP contribution in [0.25, 0.3) is 0 Å². The molecule has 0 saturated heterocycles. The van der Waals surface area contributed by atoms with Crippen molar-refractivity contribution in [1.29, 1.82) is 0 Å². The molecule has 0 aliphatic rings. The number of carbonyl (C=O) groups excluding carboxylic acids is 2. The van der Waals surface area contributed by atoms with E-state index in [9.17, 15) is 19.8 Å². The minimum atomic E-state index is -0.662. The molecule has 0 spiro atoms. The summed E-state index contributed by atoms with van der Waals surface area (Å²) < 4.78 is 5.51. The first-order valence-corrected chi connectivity index (χ1v) is 36.1. The third-order valence-corrected chi connectivity index (χ3v) is 17.0. The second-order valence-electron chi connectivity index (χ2n) is 24.9. The zero-order valence-electron chi connectivity index (χ0n) is 53.6. The van der Waals surface area contributed by atoms with Crippen LogP contribution in [0.1, 0.15) is 406 Å². The van der Waals surface area contributed by atoms with Crippen LogP contribution >= 0.6 is 0 Å². The molecular formula is C73H141NO5. The molecule has 6 heteroatoms. The molecular weight excluding hydrogens is 971 g/mol. The van der Waals surface area contributed by atoms with Gasteiger partial charge in [-0.3, -0.25) is 9.59 Å². The van der Waals surface area contributed by atoms with Gasteiger partial charge < -0.3 is 20.3 Å². The van der Waals surface area contributed by atoms with Crippen LogP contribution in [-0.2, 0) is 14.3 Å². The summed E-state index contributed by atoms with van der Waals surface area (Å²) >= 11 is 0. The Morgan fingerprint density at radius 3 is 0.899 bits per heavy atom. The first-order chi connectivity index (χ1) is 39.0. The van der Waals surface area contributed by atoms with Crippen molar-refractivity contribution in [1.82, 2.24) is 5.32 Å². The molecule has 468 valence electrons. The molecule has 0 aromatic heterocycles. The van der Waals surface area contributed by atoms with Gasteiger partial charge in [0.15, 0.2) is 0 Å². The lowest BCUT2D eigenvalue weighted by Crippen LogP contribution is -2.45. The van der Waals surface area contributed by atoms with E-state index < -0.39 is 12.1 Å². The van der Waals surface area contributed by atoms with Crippen molar-refractivity contribution in [3.05, 3.63) is 24.3 Å². The fourth-order valence-corrected chi connectivity index (χ4v) is 11.5. The summed E-state index contributed by atoms with van der Waals surface area (Å²) in [5.41, 5.74) is 0. The molecule has 79 heavy (non-hydrogen) atoms. The molecule has 0 rings (SSSR count). The Balaban J connectivity index is 3.33. The Kier molecular flexibility index (Phi) is 67.4. The highest BCUT2D eigenvalue weighted by Gasteiger charge is 2.20. The molecule has 2 atom stereocenters. The molecule has 0 radical (unpaired) electrons. The fraction of sp³-hybridized carbons (Fsp3) is 0.918. The molecule has 0 saturated carbocycles. The third kappa shape index (κ3) is 65.4. The number of allylic oxidation sites excluding steroid dienone is 4. The third-order valence-electron chi connectivity index (χ3n) is 17.0. The molecule has 0 fully saturated rings. The summed E-state index contributed by atoms with van der Waals surface area (Å²) in [6.07, 6.45) is 86.7. The molecule has 0 aromatic carbocycles. The van der Waals surface area contributed by atoms with Crippen LogP contribution in [0.3, 0.4) is 0 Å². The van der Waals surface area contributed by atoms with Crippen LogP contribution in [-0.4, -0.2) is 47.4 Å². The minimum Gasteiger partial charge on any atom is -0.466 e. The van der Waals surface area contributed by atoms with Crippen molar-refractivity contribution < 1.29 is 24.5 Å². The summed E-state index contributed by atoms with van der Waals surface area (Å²) in [4.78, 5) is 24.6. The van der Waals surface area contributed by atoms with Crippen molar-refractivity contribution in [3.63, 3.8) is 0 Å². The van der Waals surface area contributed by atoms with Gasteiger partial charge in [0.25, 0.3) is 0 Å². The maximum Gasteiger partial charge on any atom is 0.305 e. The molecule has 1 amide bonds. The summed E-state index contributed by atoms with van der Waals surface area (Å²) in [6.45, 7) is 4.98. The molecule has 0 aromatic rings. The van der Waals surface area contributed by atoms with Gasteiger partial charge in [0.2, 0.25) is 5.91 Å². The van der Waals surface area contributed by atoms with E-state index in [2.05, 4.69) is 43.5 Å². The lowest BCUT2D eigenvalue weighted by atomic mass is 10.0. The Morgan fingerprint density at radius 1 is 0.342 bits per heavy atom. The van der Waals surface area contributed by atoms with Crippen molar-refractivity contribution in [2.75, 3.05) is 13.2 Å². The maximum atomic E-state index is 12.5. The van der Waals surface area contributed by atoms with E-state index in [0.717, 1.165) is 44.9 Å². The highest BCUT2D eigenvalue weighted by molar-refractivity contribution is 5.76. The van der Waals surface area contributed by atoms with Crippen molar-refractivity contribution >= 4 is 11.9 Å². The predicted octanol–water partition coefficient (Wildman–Crippen LogP) is 23.3. The lowest BCUT2D eigenvalue weighted by Gasteiger charge is -2.22. The highest BCUT2D eigenvalue weighted by Crippen LogP contribution is 2.19. The number of carbonyl (C=O) groups is 2. The van der Waals surface area contributed by atoms with Gasteiger partial charge in [0.05, 0.1) is 25.4 Å². The first-order valence-electron chi connectivity index (χ1n) is 36.1. The molecule has 2 unspecified atom stereocenters. The van der Waals surface area contributed by atoms with E-state index in [0.29, 0.717) is 25.9 Å². The monoisotopic (exact) mass is 1110 g/mol. The Morgan fingerprint density at radius 2 is 0.595 bits per heavy atom. The standard InChI is InChI=1S/C73H141NO5/c1-3-5-7-9-11-13-15-17-18-19-36-39-43-47-51-55-59-63-67-73(78)79-68-64-60-56-52-48-44-40-37-34-32-30-28-26-24-22-20-21-23-25-27-29-31-33-35-38-42-46-50-54-58-62-66-72(77)74-70(69-75)71(76)65-61-57-53-49-45-41-16-14-12-10-8-6-4-2/h18-19,22,24,70-71,75-76H,3-17,20-21,23,25-69H2,1-2H3,(H,74,77)/b19-18-,24-22-. The van der Waals surface area contributed by atoms with Crippen LogP contribution in [0, 0.1) is 0 Å². The number of nitrogens with one attached hydrogen (secondary N) is 1. The zero-order valence-corrected chi connectivity index (χ0v) is 53.6. The molecule has 3 N–H and O–H groups in total. The number of aliphatic hydroxyl groups is 2. The van der Waals surface area contributed by atoms with Gasteiger partial charge in [-0.2, -0.15) is 0 Å². The van der Waals surface area contributed by atoms with E-state index in [-0.39, 0.29) is 18.5 Å². The Bertz CT molecular complexity index is 1230. The molecule has 0 heterocycles. The smallest absolute Gasteiger partial charge is 0.305 e. The van der Waals surface area contributed by atoms with E-state index in [1.165, 1.54) is 327 Å². The Labute approximate surface area is 494 Å². The number of hydrogen-bond acceptors (Lipinski definition) is 5. The lowest BCUT2D eigenvalue weighted by molar-refractivity contribution is -0.143. The van der Waals surface area contributed by atoms with Gasteiger partial charge in [-0.05, 0) is 77.0 Å². The number of esters is 1. The van der Waals surface area contributed by atoms with Gasteiger partial charge in [0.1, 0.15) is 0 Å². The minimum absolute atomic E-state index is 0.0155. The first kappa shape index (κ1) is 77.3. The average Bonchev–Trinajstić information content (AvgIpc) is 3.45. The molecule has 0 aliphatic heterocycles. The molecule has 0 bridgehead atoms. The quantitative estimate of drug-likeness (QED) is 0.0320. The number of rotatable bonds is 68. The number of amides is 1. The van der Waals surface area contributed by atoms with Crippen LogP contribution in [0.2, 0.25) is 0 Å². The number of ether oxygens (including phenoxy) is 1. The summed E-state index contributed by atoms with van der Waals surface area (Å²) in [5.74, 6) is -0.0153. The van der Waals surface area contributed by atoms with E-state index in [1.807, 2.05) is 0 Å². The second-order valence-corrected chi connectivity index (χ2v) is 24.9. The van der Waals surface area contributed by atoms with Crippen LogP contribution in [0.15, 0.2) is 24.3 Å². The second kappa shape index (κ2) is 68.8. The highest BCUT2D eigenvalue weighted by atomic mass is 16.5. The number of aliphatic hydroxyl groups excluding tert-OH is 2. The molecule has 0 aliphatic carbocycles. The summed E-state index contributed by atoms with van der Waals surface area (Å²) in [7, 11) is 0. The summed E-state index contributed by atoms with van der Waals surface area (Å²) in [6, 6.07) is -0.539. The van der Waals surface area contributed by atoms with Gasteiger partial charge >= 0.3 is 5.97 Å². The van der Waals surface area contributed by atoms with E-state index >= 15 is 0 Å². The molecule has 6 nitrogen and oxygen atoms in total.